The van der Waals surface area contributed by atoms with Crippen molar-refractivity contribution < 1.29 is 9.53 Å². The number of carbonyl (C=O) groups excluding carboxylic acids is 1. The number of hydrogen-bond acceptors (Lipinski definition) is 3. The van der Waals surface area contributed by atoms with Crippen LogP contribution in [-0.2, 0) is 9.53 Å². The van der Waals surface area contributed by atoms with Gasteiger partial charge in [0, 0.05) is 19.6 Å². The van der Waals surface area contributed by atoms with Crippen LogP contribution in [0.15, 0.2) is 0 Å². The van der Waals surface area contributed by atoms with E-state index in [-0.39, 0.29) is 10.8 Å². The minimum Gasteiger partial charge on any atom is -0.468 e. The van der Waals surface area contributed by atoms with Gasteiger partial charge in [0.2, 0.25) is 0 Å². The van der Waals surface area contributed by atoms with Gasteiger partial charge in [0.05, 0.1) is 7.11 Å². The monoisotopic (exact) mass is 277 g/mol. The second kappa shape index (κ2) is 5.85. The molecule has 1 fully saturated rings. The standard InChI is InChI=1S/C11H20BrNO2/c1-8-4-9(2)6-13(5-8)7-10(12)11(14)15-3/h8-10H,4-7H2,1-3H3. The van der Waals surface area contributed by atoms with E-state index in [1.54, 1.807) is 0 Å². The predicted octanol–water partition coefficient (Wildman–Crippen LogP) is 1.90. The number of methoxy groups -OCH3 is 1. The van der Waals surface area contributed by atoms with Crippen LogP contribution >= 0.6 is 15.9 Å². The molecule has 3 unspecified atom stereocenters. The van der Waals surface area contributed by atoms with Gasteiger partial charge in [0.1, 0.15) is 4.83 Å². The number of esters is 1. The summed E-state index contributed by atoms with van der Waals surface area (Å²) in [5.41, 5.74) is 0. The fraction of sp³-hybridized carbons (Fsp3) is 0.909. The molecule has 3 atom stereocenters. The number of hydrogen-bond donors (Lipinski definition) is 0. The maximum Gasteiger partial charge on any atom is 0.320 e. The van der Waals surface area contributed by atoms with E-state index in [4.69, 9.17) is 4.74 Å². The molecule has 0 spiro atoms. The molecule has 0 saturated carbocycles. The minimum absolute atomic E-state index is 0.180. The van der Waals surface area contributed by atoms with Crippen molar-refractivity contribution in [1.29, 1.82) is 0 Å². The van der Waals surface area contributed by atoms with Crippen LogP contribution in [0.2, 0.25) is 0 Å². The Morgan fingerprint density at radius 1 is 1.47 bits per heavy atom. The number of piperidine rings is 1. The van der Waals surface area contributed by atoms with Gasteiger partial charge in [-0.05, 0) is 18.3 Å². The van der Waals surface area contributed by atoms with E-state index in [0.717, 1.165) is 31.5 Å². The number of halogens is 1. The van der Waals surface area contributed by atoms with Crippen molar-refractivity contribution in [3.63, 3.8) is 0 Å². The van der Waals surface area contributed by atoms with Gasteiger partial charge in [-0.1, -0.05) is 29.8 Å². The van der Waals surface area contributed by atoms with Crippen molar-refractivity contribution >= 4 is 21.9 Å². The third kappa shape index (κ3) is 4.11. The van der Waals surface area contributed by atoms with E-state index in [1.807, 2.05) is 0 Å². The molecule has 1 heterocycles. The average Bonchev–Trinajstić information content (AvgIpc) is 2.14. The van der Waals surface area contributed by atoms with Crippen LogP contribution in [0.25, 0.3) is 0 Å². The molecule has 3 nitrogen and oxygen atoms in total. The fourth-order valence-corrected chi connectivity index (χ4v) is 2.97. The molecule has 0 aromatic carbocycles. The topological polar surface area (TPSA) is 29.5 Å². The highest BCUT2D eigenvalue weighted by molar-refractivity contribution is 9.10. The molecule has 0 bridgehead atoms. The molecule has 0 aromatic heterocycles. The van der Waals surface area contributed by atoms with Crippen LogP contribution in [0, 0.1) is 11.8 Å². The second-order valence-corrected chi connectivity index (χ2v) is 5.76. The van der Waals surface area contributed by atoms with Crippen molar-refractivity contribution in [2.75, 3.05) is 26.7 Å². The Bertz CT molecular complexity index is 213. The van der Waals surface area contributed by atoms with Crippen LogP contribution in [0.4, 0.5) is 0 Å². The third-order valence-corrected chi connectivity index (χ3v) is 3.48. The van der Waals surface area contributed by atoms with Crippen LogP contribution in [0.1, 0.15) is 20.3 Å². The first-order valence-corrected chi connectivity index (χ1v) is 6.38. The number of likely N-dealkylation sites (tertiary alicyclic amines) is 1. The Morgan fingerprint density at radius 3 is 2.47 bits per heavy atom. The van der Waals surface area contributed by atoms with Crippen molar-refractivity contribution in [2.24, 2.45) is 11.8 Å². The first-order chi connectivity index (χ1) is 7.02. The van der Waals surface area contributed by atoms with Crippen molar-refractivity contribution in [3.8, 4) is 0 Å². The molecule has 0 aromatic rings. The number of nitrogens with zero attached hydrogens (tertiary/aromatic N) is 1. The van der Waals surface area contributed by atoms with Crippen LogP contribution in [0.5, 0.6) is 0 Å². The summed E-state index contributed by atoms with van der Waals surface area (Å²) >= 11 is 3.36. The van der Waals surface area contributed by atoms with Crippen LogP contribution < -0.4 is 0 Å². The molecule has 0 radical (unpaired) electrons. The number of carbonyl (C=O) groups is 1. The quantitative estimate of drug-likeness (QED) is 0.583. The lowest BCUT2D eigenvalue weighted by Crippen LogP contribution is -2.43. The molecule has 88 valence electrons. The number of rotatable bonds is 3. The van der Waals surface area contributed by atoms with E-state index in [9.17, 15) is 4.79 Å². The van der Waals surface area contributed by atoms with Gasteiger partial charge in [-0.3, -0.25) is 4.79 Å². The summed E-state index contributed by atoms with van der Waals surface area (Å²) in [6.07, 6.45) is 1.29. The highest BCUT2D eigenvalue weighted by Crippen LogP contribution is 2.21. The molecule has 1 rings (SSSR count). The van der Waals surface area contributed by atoms with E-state index >= 15 is 0 Å². The molecular formula is C11H20BrNO2. The van der Waals surface area contributed by atoms with E-state index in [0.29, 0.717) is 0 Å². The highest BCUT2D eigenvalue weighted by atomic mass is 79.9. The predicted molar refractivity (Wildman–Crippen MR) is 64.1 cm³/mol. The lowest BCUT2D eigenvalue weighted by molar-refractivity contribution is -0.140. The summed E-state index contributed by atoms with van der Waals surface area (Å²) in [6, 6.07) is 0. The molecule has 1 saturated heterocycles. The number of alkyl halides is 1. The Labute approximate surface area is 100 Å². The summed E-state index contributed by atoms with van der Waals surface area (Å²) < 4.78 is 4.69. The normalized spacial score (nSPS) is 29.9. The zero-order chi connectivity index (χ0) is 11.4. The van der Waals surface area contributed by atoms with Crippen molar-refractivity contribution in [1.82, 2.24) is 4.90 Å². The van der Waals surface area contributed by atoms with E-state index in [1.165, 1.54) is 13.5 Å². The third-order valence-electron chi connectivity index (χ3n) is 2.82. The first-order valence-electron chi connectivity index (χ1n) is 5.47. The summed E-state index contributed by atoms with van der Waals surface area (Å²) in [4.78, 5) is 13.4. The summed E-state index contributed by atoms with van der Waals surface area (Å²) in [5.74, 6) is 1.28. The molecule has 1 aliphatic rings. The Hall–Kier alpha value is -0.0900. The summed E-state index contributed by atoms with van der Waals surface area (Å²) in [7, 11) is 1.43. The van der Waals surface area contributed by atoms with Gasteiger partial charge >= 0.3 is 5.97 Å². The van der Waals surface area contributed by atoms with Gasteiger partial charge in [-0.15, -0.1) is 0 Å². The van der Waals surface area contributed by atoms with Gasteiger partial charge in [-0.2, -0.15) is 0 Å². The lowest BCUT2D eigenvalue weighted by Gasteiger charge is -2.35. The average molecular weight is 278 g/mol. The zero-order valence-electron chi connectivity index (χ0n) is 9.70. The zero-order valence-corrected chi connectivity index (χ0v) is 11.3. The molecule has 4 heteroatoms. The molecule has 0 amide bonds. The largest absolute Gasteiger partial charge is 0.468 e. The SMILES string of the molecule is COC(=O)C(Br)CN1CC(C)CC(C)C1. The number of ether oxygens (including phenoxy) is 1. The van der Waals surface area contributed by atoms with Gasteiger partial charge < -0.3 is 9.64 Å². The Kier molecular flexibility index (Phi) is 5.06. The fourth-order valence-electron chi connectivity index (χ4n) is 2.37. The first kappa shape index (κ1) is 13.0. The smallest absolute Gasteiger partial charge is 0.320 e. The molecular weight excluding hydrogens is 258 g/mol. The molecule has 0 N–H and O–H groups in total. The van der Waals surface area contributed by atoms with Gasteiger partial charge in [0.25, 0.3) is 0 Å². The minimum atomic E-state index is -0.194. The molecule has 0 aliphatic carbocycles. The van der Waals surface area contributed by atoms with Crippen molar-refractivity contribution in [2.45, 2.75) is 25.1 Å². The highest BCUT2D eigenvalue weighted by Gasteiger charge is 2.25. The lowest BCUT2D eigenvalue weighted by atomic mass is 9.92. The maximum atomic E-state index is 11.3. The Morgan fingerprint density at radius 2 is 2.00 bits per heavy atom. The maximum absolute atomic E-state index is 11.3. The van der Waals surface area contributed by atoms with Crippen LogP contribution in [-0.4, -0.2) is 42.4 Å². The summed E-state index contributed by atoms with van der Waals surface area (Å²) in [6.45, 7) is 7.46. The molecule has 1 aliphatic heterocycles. The van der Waals surface area contributed by atoms with Crippen LogP contribution in [0.3, 0.4) is 0 Å². The summed E-state index contributed by atoms with van der Waals surface area (Å²) in [5, 5.41) is 0. The van der Waals surface area contributed by atoms with E-state index < -0.39 is 0 Å². The van der Waals surface area contributed by atoms with Gasteiger partial charge in [0.15, 0.2) is 0 Å². The Balaban J connectivity index is 2.40. The van der Waals surface area contributed by atoms with E-state index in [2.05, 4.69) is 34.7 Å². The van der Waals surface area contributed by atoms with Gasteiger partial charge in [-0.25, -0.2) is 0 Å². The molecule has 15 heavy (non-hydrogen) atoms. The second-order valence-electron chi connectivity index (χ2n) is 4.66. The van der Waals surface area contributed by atoms with Crippen molar-refractivity contribution in [3.05, 3.63) is 0 Å².